The van der Waals surface area contributed by atoms with Crippen molar-refractivity contribution in [3.8, 4) is 0 Å². The van der Waals surface area contributed by atoms with E-state index in [9.17, 15) is 0 Å². The van der Waals surface area contributed by atoms with Gasteiger partial charge in [0.2, 0.25) is 0 Å². The number of allylic oxidation sites excluding steroid dienone is 8. The van der Waals surface area contributed by atoms with Gasteiger partial charge in [0, 0.05) is 0 Å². The highest BCUT2D eigenvalue weighted by atomic mass is 13.9. The van der Waals surface area contributed by atoms with E-state index in [0.717, 1.165) is 25.7 Å². The molecule has 1 rings (SSSR count). The van der Waals surface area contributed by atoms with E-state index < -0.39 is 0 Å². The van der Waals surface area contributed by atoms with Crippen LogP contribution in [0.1, 0.15) is 38.5 Å². The van der Waals surface area contributed by atoms with Gasteiger partial charge in [0.05, 0.1) is 0 Å². The zero-order valence-electron chi connectivity index (χ0n) is 8.78. The van der Waals surface area contributed by atoms with E-state index in [2.05, 4.69) is 48.6 Å². The molecule has 0 heteroatoms. The van der Waals surface area contributed by atoms with Crippen LogP contribution in [0.3, 0.4) is 0 Å². The molecule has 14 heavy (non-hydrogen) atoms. The number of rotatable bonds is 0. The second-order valence-corrected chi connectivity index (χ2v) is 3.44. The van der Waals surface area contributed by atoms with Crippen LogP contribution in [0, 0.1) is 6.08 Å². The second-order valence-electron chi connectivity index (χ2n) is 3.44. The Labute approximate surface area is 87.7 Å². The van der Waals surface area contributed by atoms with Crippen LogP contribution in [-0.2, 0) is 0 Å². The smallest absolute Gasteiger partial charge is 0.0163 e. The van der Waals surface area contributed by atoms with Crippen molar-refractivity contribution >= 4 is 0 Å². The molecular weight excluding hydrogens is 168 g/mol. The average molecular weight is 187 g/mol. The molecule has 0 fully saturated rings. The Bertz CT molecular complexity index is 228. The van der Waals surface area contributed by atoms with E-state index in [1.54, 1.807) is 0 Å². The van der Waals surface area contributed by atoms with Gasteiger partial charge in [0.15, 0.2) is 0 Å². The van der Waals surface area contributed by atoms with Gasteiger partial charge in [0.25, 0.3) is 0 Å². The van der Waals surface area contributed by atoms with Gasteiger partial charge in [-0.05, 0) is 44.6 Å². The van der Waals surface area contributed by atoms with E-state index in [4.69, 9.17) is 0 Å². The van der Waals surface area contributed by atoms with Crippen molar-refractivity contribution in [1.29, 1.82) is 0 Å². The van der Waals surface area contributed by atoms with Gasteiger partial charge in [-0.3, -0.25) is 0 Å². The van der Waals surface area contributed by atoms with Crippen LogP contribution in [0.5, 0.6) is 0 Å². The van der Waals surface area contributed by atoms with Crippen molar-refractivity contribution in [2.75, 3.05) is 0 Å². The molecule has 1 radical (unpaired) electrons. The van der Waals surface area contributed by atoms with Crippen molar-refractivity contribution < 1.29 is 0 Å². The summed E-state index contributed by atoms with van der Waals surface area (Å²) in [6, 6.07) is 0. The third-order valence-corrected chi connectivity index (χ3v) is 2.14. The molecule has 75 valence electrons. The van der Waals surface area contributed by atoms with Crippen molar-refractivity contribution in [2.24, 2.45) is 0 Å². The minimum Gasteiger partial charge on any atom is -0.0879 e. The molecular formula is C14H19. The summed E-state index contributed by atoms with van der Waals surface area (Å²) in [5.41, 5.74) is 0. The van der Waals surface area contributed by atoms with Crippen LogP contribution in [0.4, 0.5) is 0 Å². The molecule has 1 aliphatic rings. The summed E-state index contributed by atoms with van der Waals surface area (Å²) < 4.78 is 0. The maximum absolute atomic E-state index is 3.31. The minimum absolute atomic E-state index is 1.04. The van der Waals surface area contributed by atoms with E-state index >= 15 is 0 Å². The van der Waals surface area contributed by atoms with Crippen molar-refractivity contribution in [2.45, 2.75) is 38.5 Å². The molecule has 0 aromatic rings. The van der Waals surface area contributed by atoms with Gasteiger partial charge in [-0.25, -0.2) is 0 Å². The SMILES string of the molecule is [C]1=C/C/C=C\CC/C=C/C=C\CCC/1. The van der Waals surface area contributed by atoms with Crippen LogP contribution >= 0.6 is 0 Å². The van der Waals surface area contributed by atoms with E-state index in [1.165, 1.54) is 12.8 Å². The lowest BCUT2D eigenvalue weighted by atomic mass is 10.2. The summed E-state index contributed by atoms with van der Waals surface area (Å²) in [4.78, 5) is 0. The molecule has 0 amide bonds. The van der Waals surface area contributed by atoms with Crippen LogP contribution in [-0.4, -0.2) is 0 Å². The fraction of sp³-hybridized carbons (Fsp3) is 0.429. The Morgan fingerprint density at radius 1 is 0.786 bits per heavy atom. The molecule has 0 aromatic heterocycles. The van der Waals surface area contributed by atoms with Crippen LogP contribution < -0.4 is 0 Å². The first-order valence-corrected chi connectivity index (χ1v) is 5.52. The largest absolute Gasteiger partial charge is 0.0879 e. The summed E-state index contributed by atoms with van der Waals surface area (Å²) in [5, 5.41) is 0. The number of hydrogen-bond acceptors (Lipinski definition) is 0. The quantitative estimate of drug-likeness (QED) is 0.494. The van der Waals surface area contributed by atoms with Gasteiger partial charge in [0.1, 0.15) is 0 Å². The Morgan fingerprint density at radius 2 is 1.57 bits per heavy atom. The summed E-state index contributed by atoms with van der Waals surface area (Å²) in [5.74, 6) is 0. The van der Waals surface area contributed by atoms with Gasteiger partial charge in [-0.2, -0.15) is 0 Å². The molecule has 0 N–H and O–H groups in total. The molecule has 0 saturated heterocycles. The minimum atomic E-state index is 1.04. The number of hydrogen-bond donors (Lipinski definition) is 0. The maximum atomic E-state index is 3.31. The normalized spacial score (nSPS) is 28.6. The topological polar surface area (TPSA) is 0 Å². The second kappa shape index (κ2) is 8.55. The fourth-order valence-electron chi connectivity index (χ4n) is 1.33. The Kier molecular flexibility index (Phi) is 6.74. The fourth-order valence-corrected chi connectivity index (χ4v) is 1.33. The monoisotopic (exact) mass is 187 g/mol. The van der Waals surface area contributed by atoms with Crippen molar-refractivity contribution in [3.63, 3.8) is 0 Å². The Balaban J connectivity index is 2.34. The first-order valence-electron chi connectivity index (χ1n) is 5.52. The van der Waals surface area contributed by atoms with Gasteiger partial charge >= 0.3 is 0 Å². The predicted molar refractivity (Wildman–Crippen MR) is 62.9 cm³/mol. The summed E-state index contributed by atoms with van der Waals surface area (Å²) >= 11 is 0. The molecule has 1 aliphatic carbocycles. The zero-order chi connectivity index (χ0) is 9.90. The lowest BCUT2D eigenvalue weighted by Crippen LogP contribution is -1.71. The highest BCUT2D eigenvalue weighted by Crippen LogP contribution is 2.01. The van der Waals surface area contributed by atoms with Gasteiger partial charge < -0.3 is 0 Å². The molecule has 0 aliphatic heterocycles. The third kappa shape index (κ3) is 6.47. The lowest BCUT2D eigenvalue weighted by molar-refractivity contribution is 0.851. The molecule has 0 heterocycles. The summed E-state index contributed by atoms with van der Waals surface area (Å²) in [6.45, 7) is 0. The molecule has 0 bridgehead atoms. The third-order valence-electron chi connectivity index (χ3n) is 2.14. The molecule has 0 saturated carbocycles. The summed E-state index contributed by atoms with van der Waals surface area (Å²) in [7, 11) is 0. The molecule has 0 nitrogen and oxygen atoms in total. The zero-order valence-corrected chi connectivity index (χ0v) is 8.78. The molecule has 0 atom stereocenters. The van der Waals surface area contributed by atoms with Crippen molar-refractivity contribution in [3.05, 3.63) is 48.6 Å². The molecule has 0 spiro atoms. The van der Waals surface area contributed by atoms with Crippen molar-refractivity contribution in [1.82, 2.24) is 0 Å². The Morgan fingerprint density at radius 3 is 2.50 bits per heavy atom. The maximum Gasteiger partial charge on any atom is -0.0163 e. The van der Waals surface area contributed by atoms with E-state index in [1.807, 2.05) is 0 Å². The highest BCUT2D eigenvalue weighted by Gasteiger charge is 1.81. The molecule has 0 unspecified atom stereocenters. The van der Waals surface area contributed by atoms with E-state index in [0.29, 0.717) is 0 Å². The average Bonchev–Trinajstić information content (AvgIpc) is 2.22. The van der Waals surface area contributed by atoms with E-state index in [-0.39, 0.29) is 0 Å². The van der Waals surface area contributed by atoms with Crippen LogP contribution in [0.15, 0.2) is 42.5 Å². The first kappa shape index (κ1) is 11.0. The summed E-state index contributed by atoms with van der Waals surface area (Å²) in [6.07, 6.45) is 25.5. The lowest BCUT2D eigenvalue weighted by Gasteiger charge is -1.90. The highest BCUT2D eigenvalue weighted by molar-refractivity contribution is 5.03. The first-order chi connectivity index (χ1) is 7.00. The Hall–Kier alpha value is -1.04. The molecule has 0 aromatic carbocycles. The van der Waals surface area contributed by atoms with Crippen LogP contribution in [0.25, 0.3) is 0 Å². The van der Waals surface area contributed by atoms with Gasteiger partial charge in [-0.15, -0.1) is 0 Å². The van der Waals surface area contributed by atoms with Crippen LogP contribution in [0.2, 0.25) is 0 Å². The van der Waals surface area contributed by atoms with Gasteiger partial charge in [-0.1, -0.05) is 42.5 Å². The standard InChI is InChI=1S/C14H19/c1-2-4-6-8-10-12-14-13-11-9-7-5-3-1/h1-4,9,11,14H,5-8,10,13H2/b3-1+,4-2-,11-9-,14-12?. The predicted octanol–water partition coefficient (Wildman–Crippen LogP) is 4.37.